The van der Waals surface area contributed by atoms with Crippen LogP contribution in [0.5, 0.6) is 0 Å². The van der Waals surface area contributed by atoms with Gasteiger partial charge in [0.15, 0.2) is 0 Å². The van der Waals surface area contributed by atoms with Crippen molar-refractivity contribution in [1.82, 2.24) is 20.4 Å². The molecule has 6 N–H and O–H groups in total. The predicted octanol–water partition coefficient (Wildman–Crippen LogP) is 1.49. The molecule has 1 fully saturated rings. The topological polar surface area (TPSA) is 151 Å². The Bertz CT molecular complexity index is 1060. The van der Waals surface area contributed by atoms with Crippen molar-refractivity contribution in [3.8, 4) is 11.8 Å². The normalized spacial score (nSPS) is 15.3. The minimum atomic E-state index is -5.08. The van der Waals surface area contributed by atoms with Crippen LogP contribution in [0.3, 0.4) is 0 Å². The smallest absolute Gasteiger partial charge is 0.475 e. The highest BCUT2D eigenvalue weighted by Crippen LogP contribution is 2.27. The van der Waals surface area contributed by atoms with Crippen molar-refractivity contribution in [1.29, 1.82) is 0 Å². The van der Waals surface area contributed by atoms with Crippen molar-refractivity contribution in [2.24, 2.45) is 12.8 Å². The second-order valence-electron chi connectivity index (χ2n) is 6.82. The summed E-state index contributed by atoms with van der Waals surface area (Å²) >= 11 is 1.22. The first-order valence-corrected chi connectivity index (χ1v) is 10.3. The summed E-state index contributed by atoms with van der Waals surface area (Å²) in [7, 11) is 1.81. The summed E-state index contributed by atoms with van der Waals surface area (Å²) in [5.74, 6) is 2.99. The molecule has 10 nitrogen and oxygen atoms in total. The predicted molar refractivity (Wildman–Crippen MR) is 114 cm³/mol. The molecule has 1 aliphatic rings. The average Bonchev–Trinajstić information content (AvgIpc) is 3.32. The van der Waals surface area contributed by atoms with Crippen LogP contribution < -0.4 is 21.7 Å². The summed E-state index contributed by atoms with van der Waals surface area (Å²) < 4.78 is 33.4. The van der Waals surface area contributed by atoms with Gasteiger partial charge in [0, 0.05) is 25.8 Å². The number of nitrogens with two attached hydrogens (primary N) is 1. The highest BCUT2D eigenvalue weighted by molar-refractivity contribution is 7.15. The summed E-state index contributed by atoms with van der Waals surface area (Å²) in [6.07, 6.45) is 0.319. The molecule has 2 aromatic rings. The lowest BCUT2D eigenvalue weighted by Crippen LogP contribution is -2.45. The molecule has 0 aliphatic carbocycles. The molecule has 3 heterocycles. The van der Waals surface area contributed by atoms with E-state index < -0.39 is 18.2 Å². The van der Waals surface area contributed by atoms with Crippen molar-refractivity contribution < 1.29 is 32.7 Å². The maximum absolute atomic E-state index is 12.6. The Morgan fingerprint density at radius 2 is 2.06 bits per heavy atom. The molecule has 178 valence electrons. The van der Waals surface area contributed by atoms with Gasteiger partial charge in [0.2, 0.25) is 0 Å². The Balaban J connectivity index is 0.000000479. The van der Waals surface area contributed by atoms with E-state index in [4.69, 9.17) is 15.6 Å². The lowest BCUT2D eigenvalue weighted by Gasteiger charge is -2.23. The number of piperidine rings is 1. The fraction of sp³-hybridized carbons (Fsp3) is 0.368. The van der Waals surface area contributed by atoms with Crippen molar-refractivity contribution in [2.45, 2.75) is 25.1 Å². The Kier molecular flexibility index (Phi) is 8.83. The molecule has 2 aromatic heterocycles. The van der Waals surface area contributed by atoms with Gasteiger partial charge in [0.1, 0.15) is 4.88 Å². The molecule has 0 aromatic carbocycles. The van der Waals surface area contributed by atoms with Crippen molar-refractivity contribution in [3.05, 3.63) is 33.8 Å². The summed E-state index contributed by atoms with van der Waals surface area (Å²) in [5, 5.41) is 19.9. The Hall–Kier alpha value is -3.57. The number of halogens is 3. The van der Waals surface area contributed by atoms with Crippen LogP contribution in [0.25, 0.3) is 0 Å². The monoisotopic (exact) mass is 486 g/mol. The number of amides is 3. The number of thiophene rings is 1. The Morgan fingerprint density at radius 3 is 2.58 bits per heavy atom. The molecule has 3 amide bonds. The van der Waals surface area contributed by atoms with Gasteiger partial charge in [0.05, 0.1) is 22.3 Å². The van der Waals surface area contributed by atoms with E-state index >= 15 is 0 Å². The molecule has 1 aliphatic heterocycles. The zero-order chi connectivity index (χ0) is 24.6. The van der Waals surface area contributed by atoms with Crippen LogP contribution in [0.4, 0.5) is 23.7 Å². The summed E-state index contributed by atoms with van der Waals surface area (Å²) in [6.45, 7) is 1.71. The van der Waals surface area contributed by atoms with E-state index in [0.717, 1.165) is 31.5 Å². The third-order valence-electron chi connectivity index (χ3n) is 4.11. The van der Waals surface area contributed by atoms with Gasteiger partial charge in [-0.3, -0.25) is 9.48 Å². The number of urea groups is 1. The number of nitrogens with zero attached hydrogens (tertiary/aromatic N) is 2. The number of rotatable bonds is 3. The number of carbonyl (C=O) groups is 3. The van der Waals surface area contributed by atoms with Crippen molar-refractivity contribution in [3.63, 3.8) is 0 Å². The molecule has 0 bridgehead atoms. The first-order valence-electron chi connectivity index (χ1n) is 9.48. The highest BCUT2D eigenvalue weighted by Gasteiger charge is 2.38. The van der Waals surface area contributed by atoms with Crippen LogP contribution in [-0.4, -0.2) is 58.1 Å². The number of nitrogens with one attached hydrogen (secondary N) is 3. The van der Waals surface area contributed by atoms with E-state index in [9.17, 15) is 22.8 Å². The van der Waals surface area contributed by atoms with E-state index in [2.05, 4.69) is 32.9 Å². The number of hydrogen-bond donors (Lipinski definition) is 5. The van der Waals surface area contributed by atoms with E-state index in [1.54, 1.807) is 23.1 Å². The van der Waals surface area contributed by atoms with Gasteiger partial charge in [-0.25, -0.2) is 9.59 Å². The number of alkyl halides is 3. The molecule has 0 saturated carbocycles. The second-order valence-corrected chi connectivity index (χ2v) is 7.87. The number of primary amides is 1. The maximum atomic E-state index is 12.6. The molecule has 1 saturated heterocycles. The van der Waals surface area contributed by atoms with Crippen LogP contribution in [0.1, 0.15) is 33.0 Å². The number of carbonyl (C=O) groups excluding carboxylic acids is 2. The third kappa shape index (κ3) is 8.47. The molecular formula is C19H21F3N6O4S. The van der Waals surface area contributed by atoms with Crippen LogP contribution >= 0.6 is 11.3 Å². The van der Waals surface area contributed by atoms with E-state index in [-0.39, 0.29) is 11.9 Å². The second kappa shape index (κ2) is 11.3. The van der Waals surface area contributed by atoms with Crippen LogP contribution in [0.2, 0.25) is 0 Å². The number of aromatic nitrogens is 2. The number of hydrogen-bond acceptors (Lipinski definition) is 6. The van der Waals surface area contributed by atoms with Gasteiger partial charge < -0.3 is 26.8 Å². The lowest BCUT2D eigenvalue weighted by molar-refractivity contribution is -0.192. The van der Waals surface area contributed by atoms with E-state index in [1.807, 2.05) is 7.05 Å². The number of aliphatic carboxylic acids is 1. The highest BCUT2D eigenvalue weighted by atomic mass is 32.1. The van der Waals surface area contributed by atoms with Gasteiger partial charge in [0.25, 0.3) is 5.91 Å². The fourth-order valence-corrected chi connectivity index (χ4v) is 3.56. The van der Waals surface area contributed by atoms with Gasteiger partial charge >= 0.3 is 18.2 Å². The molecule has 14 heteroatoms. The number of anilines is 1. The molecular weight excluding hydrogens is 465 g/mol. The van der Waals surface area contributed by atoms with Crippen LogP contribution in [0.15, 0.2) is 18.5 Å². The van der Waals surface area contributed by atoms with Gasteiger partial charge in [-0.2, -0.15) is 18.3 Å². The van der Waals surface area contributed by atoms with Crippen molar-refractivity contribution in [2.75, 3.05) is 18.4 Å². The Morgan fingerprint density at radius 1 is 1.36 bits per heavy atom. The molecule has 0 spiro atoms. The number of carboxylic acids is 1. The zero-order valence-electron chi connectivity index (χ0n) is 17.3. The molecule has 33 heavy (non-hydrogen) atoms. The SMILES string of the molecule is Cn1cc(C#Cc2cc(NC(N)=O)c(C(=O)N[C@H]3CCCNC3)s2)cn1.O=C(O)C(F)(F)F. The summed E-state index contributed by atoms with van der Waals surface area (Å²) in [6, 6.07) is 1.01. The molecule has 0 unspecified atom stereocenters. The maximum Gasteiger partial charge on any atom is 0.490 e. The lowest BCUT2D eigenvalue weighted by atomic mass is 10.1. The first-order chi connectivity index (χ1) is 15.5. The third-order valence-corrected chi connectivity index (χ3v) is 5.15. The van der Waals surface area contributed by atoms with Gasteiger partial charge in [-0.1, -0.05) is 11.8 Å². The number of aryl methyl sites for hydroxylation is 1. The van der Waals surface area contributed by atoms with Crippen molar-refractivity contribution >= 4 is 34.9 Å². The standard InChI is InChI=1S/C17H20N6O2S.C2HF3O2/c1-23-10-11(8-20-23)4-5-13-7-14(22-17(18)25)15(26-13)16(24)21-12-3-2-6-19-9-12;3-2(4,5)1(6)7/h7-8,10,12,19H,2-3,6,9H2,1H3,(H,21,24)(H3,18,22,25);(H,6,7)/t12-;/m0./s1. The van der Waals surface area contributed by atoms with Gasteiger partial charge in [-0.15, -0.1) is 11.3 Å². The quantitative estimate of drug-likeness (QED) is 0.415. The molecule has 1 atom stereocenters. The molecule has 0 radical (unpaired) electrons. The van der Waals surface area contributed by atoms with Crippen LogP contribution in [-0.2, 0) is 11.8 Å². The minimum Gasteiger partial charge on any atom is -0.475 e. The van der Waals surface area contributed by atoms with Crippen LogP contribution in [0, 0.1) is 11.8 Å². The van der Waals surface area contributed by atoms with Gasteiger partial charge in [-0.05, 0) is 25.5 Å². The Labute approximate surface area is 190 Å². The van der Waals surface area contributed by atoms with E-state index in [1.165, 1.54) is 11.3 Å². The summed E-state index contributed by atoms with van der Waals surface area (Å²) in [4.78, 5) is 33.8. The largest absolute Gasteiger partial charge is 0.490 e. The zero-order valence-corrected chi connectivity index (χ0v) is 18.1. The fourth-order valence-electron chi connectivity index (χ4n) is 2.69. The number of carboxylic acid groups (broad SMARTS) is 1. The van der Waals surface area contributed by atoms with E-state index in [0.29, 0.717) is 15.4 Å². The summed E-state index contributed by atoms with van der Waals surface area (Å²) in [5.41, 5.74) is 6.36. The average molecular weight is 486 g/mol. The minimum absolute atomic E-state index is 0.0738. The first kappa shape index (κ1) is 25.7. The molecule has 3 rings (SSSR count).